The van der Waals surface area contributed by atoms with Gasteiger partial charge in [-0.1, -0.05) is 30.3 Å². The summed E-state index contributed by atoms with van der Waals surface area (Å²) in [6.07, 6.45) is 0. The Hall–Kier alpha value is -2.46. The Balaban J connectivity index is 2.23. The van der Waals surface area contributed by atoms with Crippen molar-refractivity contribution in [2.24, 2.45) is 5.84 Å². The van der Waals surface area contributed by atoms with Crippen LogP contribution >= 0.6 is 0 Å². The second kappa shape index (κ2) is 4.66. The lowest BCUT2D eigenvalue weighted by atomic mass is 10.0. The number of anilines is 1. The largest absolute Gasteiger partial charge is 0.308 e. The van der Waals surface area contributed by atoms with E-state index in [1.54, 1.807) is 12.1 Å². The minimum Gasteiger partial charge on any atom is -0.308 e. The molecule has 3 rings (SSSR count). The van der Waals surface area contributed by atoms with E-state index in [0.29, 0.717) is 5.82 Å². The molecule has 19 heavy (non-hydrogen) atoms. The molecule has 0 radical (unpaired) electrons. The smallest absolute Gasteiger partial charge is 0.148 e. The first kappa shape index (κ1) is 11.6. The van der Waals surface area contributed by atoms with E-state index >= 15 is 0 Å². The van der Waals surface area contributed by atoms with E-state index in [9.17, 15) is 4.39 Å². The number of pyridine rings is 1. The third kappa shape index (κ3) is 2.13. The van der Waals surface area contributed by atoms with Gasteiger partial charge in [0.15, 0.2) is 0 Å². The molecular weight excluding hydrogens is 241 g/mol. The van der Waals surface area contributed by atoms with E-state index in [4.69, 9.17) is 5.84 Å². The fourth-order valence-electron chi connectivity index (χ4n) is 2.08. The van der Waals surface area contributed by atoms with Gasteiger partial charge >= 0.3 is 0 Å². The lowest BCUT2D eigenvalue weighted by Gasteiger charge is -2.10. The van der Waals surface area contributed by atoms with Gasteiger partial charge in [0.05, 0.1) is 5.52 Å². The van der Waals surface area contributed by atoms with Gasteiger partial charge in [0, 0.05) is 10.9 Å². The fourth-order valence-corrected chi connectivity index (χ4v) is 2.08. The first-order valence-electron chi connectivity index (χ1n) is 5.90. The first-order chi connectivity index (χ1) is 9.28. The van der Waals surface area contributed by atoms with Crippen molar-refractivity contribution >= 4 is 16.7 Å². The molecule has 4 heteroatoms. The van der Waals surface area contributed by atoms with Crippen LogP contribution in [0.15, 0.2) is 54.6 Å². The number of nitrogens with one attached hydrogen (secondary N) is 1. The third-order valence-corrected chi connectivity index (χ3v) is 3.02. The van der Waals surface area contributed by atoms with E-state index < -0.39 is 0 Å². The van der Waals surface area contributed by atoms with Gasteiger partial charge in [0.1, 0.15) is 11.6 Å². The van der Waals surface area contributed by atoms with Crippen LogP contribution in [-0.2, 0) is 0 Å². The summed E-state index contributed by atoms with van der Waals surface area (Å²) < 4.78 is 13.0. The first-order valence-corrected chi connectivity index (χ1v) is 5.90. The number of fused-ring (bicyclic) bond motifs is 1. The topological polar surface area (TPSA) is 50.9 Å². The number of para-hydroxylation sites is 1. The zero-order chi connectivity index (χ0) is 13.2. The van der Waals surface area contributed by atoms with Crippen LogP contribution in [0.1, 0.15) is 0 Å². The van der Waals surface area contributed by atoms with E-state index in [0.717, 1.165) is 22.0 Å². The van der Waals surface area contributed by atoms with Gasteiger partial charge in [-0.05, 0) is 29.8 Å². The molecule has 0 aliphatic carbocycles. The number of nitrogen functional groups attached to an aromatic ring is 1. The molecule has 1 aromatic heterocycles. The third-order valence-electron chi connectivity index (χ3n) is 3.02. The van der Waals surface area contributed by atoms with Gasteiger partial charge in [-0.25, -0.2) is 15.2 Å². The summed E-state index contributed by atoms with van der Waals surface area (Å²) in [5, 5.41) is 1.01. The Bertz CT molecular complexity index is 723. The number of benzene rings is 2. The standard InChI is InChI=1S/C15H12FN3/c16-12-7-5-10(6-8-12)13-9-11-3-1-2-4-14(11)18-15(13)19-17/h1-9H,17H2,(H,18,19). The van der Waals surface area contributed by atoms with Crippen LogP contribution in [0.3, 0.4) is 0 Å². The minimum absolute atomic E-state index is 0.264. The average Bonchev–Trinajstić information content (AvgIpc) is 2.46. The van der Waals surface area contributed by atoms with Crippen LogP contribution in [0, 0.1) is 5.82 Å². The van der Waals surface area contributed by atoms with Crippen molar-refractivity contribution in [1.29, 1.82) is 0 Å². The molecule has 0 unspecified atom stereocenters. The number of hydrogen-bond acceptors (Lipinski definition) is 3. The highest BCUT2D eigenvalue weighted by Gasteiger charge is 2.08. The summed E-state index contributed by atoms with van der Waals surface area (Å²) >= 11 is 0. The van der Waals surface area contributed by atoms with E-state index in [2.05, 4.69) is 10.4 Å². The molecule has 3 nitrogen and oxygen atoms in total. The van der Waals surface area contributed by atoms with Gasteiger partial charge in [-0.3, -0.25) is 0 Å². The molecule has 0 bridgehead atoms. The number of aromatic nitrogens is 1. The van der Waals surface area contributed by atoms with Gasteiger partial charge in [-0.2, -0.15) is 0 Å². The molecule has 3 N–H and O–H groups in total. The van der Waals surface area contributed by atoms with Gasteiger partial charge in [0.2, 0.25) is 0 Å². The van der Waals surface area contributed by atoms with Crippen LogP contribution in [-0.4, -0.2) is 4.98 Å². The van der Waals surface area contributed by atoms with Crippen molar-refractivity contribution in [3.63, 3.8) is 0 Å². The lowest BCUT2D eigenvalue weighted by Crippen LogP contribution is -2.10. The molecular formula is C15H12FN3. The molecule has 0 fully saturated rings. The van der Waals surface area contributed by atoms with Crippen molar-refractivity contribution in [2.45, 2.75) is 0 Å². The Morgan fingerprint density at radius 1 is 1.00 bits per heavy atom. The average molecular weight is 253 g/mol. The highest BCUT2D eigenvalue weighted by atomic mass is 19.1. The van der Waals surface area contributed by atoms with Crippen molar-refractivity contribution < 1.29 is 4.39 Å². The highest BCUT2D eigenvalue weighted by Crippen LogP contribution is 2.29. The van der Waals surface area contributed by atoms with Crippen molar-refractivity contribution in [3.05, 3.63) is 60.4 Å². The highest BCUT2D eigenvalue weighted by molar-refractivity contribution is 5.89. The van der Waals surface area contributed by atoms with E-state index in [1.165, 1.54) is 12.1 Å². The Morgan fingerprint density at radius 2 is 1.74 bits per heavy atom. The molecule has 0 saturated heterocycles. The summed E-state index contributed by atoms with van der Waals surface area (Å²) in [6, 6.07) is 16.0. The summed E-state index contributed by atoms with van der Waals surface area (Å²) in [5.41, 5.74) is 5.17. The number of nitrogens with zero attached hydrogens (tertiary/aromatic N) is 1. The van der Waals surface area contributed by atoms with Crippen LogP contribution < -0.4 is 11.3 Å². The molecule has 2 aromatic carbocycles. The van der Waals surface area contributed by atoms with Crippen molar-refractivity contribution in [2.75, 3.05) is 5.43 Å². The molecule has 0 aliphatic heterocycles. The monoisotopic (exact) mass is 253 g/mol. The quantitative estimate of drug-likeness (QED) is 0.544. The number of halogens is 1. The van der Waals surface area contributed by atoms with Crippen molar-refractivity contribution in [1.82, 2.24) is 4.98 Å². The Kier molecular flexibility index (Phi) is 2.85. The summed E-state index contributed by atoms with van der Waals surface area (Å²) in [5.74, 6) is 5.83. The number of hydrazine groups is 1. The molecule has 0 aliphatic rings. The predicted octanol–water partition coefficient (Wildman–Crippen LogP) is 3.33. The molecule has 94 valence electrons. The second-order valence-electron chi connectivity index (χ2n) is 4.23. The Labute approximate surface area is 109 Å². The van der Waals surface area contributed by atoms with Crippen LogP contribution in [0.5, 0.6) is 0 Å². The van der Waals surface area contributed by atoms with Crippen LogP contribution in [0.25, 0.3) is 22.0 Å². The van der Waals surface area contributed by atoms with Gasteiger partial charge in [-0.15, -0.1) is 0 Å². The maximum atomic E-state index is 13.0. The maximum absolute atomic E-state index is 13.0. The molecule has 3 aromatic rings. The minimum atomic E-state index is -0.264. The zero-order valence-corrected chi connectivity index (χ0v) is 10.1. The molecule has 0 spiro atoms. The number of nitrogens with two attached hydrogens (primary N) is 1. The SMILES string of the molecule is NNc1nc2ccccc2cc1-c1ccc(F)cc1. The Morgan fingerprint density at radius 3 is 2.47 bits per heavy atom. The maximum Gasteiger partial charge on any atom is 0.148 e. The van der Waals surface area contributed by atoms with E-state index in [-0.39, 0.29) is 5.82 Å². The number of rotatable bonds is 2. The summed E-state index contributed by atoms with van der Waals surface area (Å²) in [4.78, 5) is 4.46. The molecule has 1 heterocycles. The summed E-state index contributed by atoms with van der Waals surface area (Å²) in [6.45, 7) is 0. The predicted molar refractivity (Wildman–Crippen MR) is 74.9 cm³/mol. The zero-order valence-electron chi connectivity index (χ0n) is 10.1. The lowest BCUT2D eigenvalue weighted by molar-refractivity contribution is 0.628. The van der Waals surface area contributed by atoms with Crippen molar-refractivity contribution in [3.8, 4) is 11.1 Å². The molecule has 0 atom stereocenters. The fraction of sp³-hybridized carbons (Fsp3) is 0. The van der Waals surface area contributed by atoms with Gasteiger partial charge < -0.3 is 5.43 Å². The van der Waals surface area contributed by atoms with E-state index in [1.807, 2.05) is 30.3 Å². The van der Waals surface area contributed by atoms with Crippen LogP contribution in [0.4, 0.5) is 10.2 Å². The summed E-state index contributed by atoms with van der Waals surface area (Å²) in [7, 11) is 0. The second-order valence-corrected chi connectivity index (χ2v) is 4.23. The van der Waals surface area contributed by atoms with Crippen LogP contribution in [0.2, 0.25) is 0 Å². The van der Waals surface area contributed by atoms with Gasteiger partial charge in [0.25, 0.3) is 0 Å². The number of hydrogen-bond donors (Lipinski definition) is 2. The molecule has 0 saturated carbocycles. The molecule has 0 amide bonds. The normalized spacial score (nSPS) is 10.6.